The molecule has 1 amide bonds. The van der Waals surface area contributed by atoms with Gasteiger partial charge in [0.2, 0.25) is 0 Å². The zero-order valence-electron chi connectivity index (χ0n) is 15.7. The highest BCUT2D eigenvalue weighted by Gasteiger charge is 2.30. The minimum atomic E-state index is -0.467. The first-order valence-electron chi connectivity index (χ1n) is 8.84. The summed E-state index contributed by atoms with van der Waals surface area (Å²) in [5.74, 6) is 0.327. The lowest BCUT2D eigenvalue weighted by Crippen LogP contribution is -2.49. The second kappa shape index (κ2) is 6.68. The molecule has 0 spiro atoms. The molecule has 26 heavy (non-hydrogen) atoms. The lowest BCUT2D eigenvalue weighted by molar-refractivity contribution is 0.0568. The van der Waals surface area contributed by atoms with Crippen molar-refractivity contribution in [2.45, 2.75) is 32.7 Å². The van der Waals surface area contributed by atoms with Crippen LogP contribution in [0.5, 0.6) is 0 Å². The van der Waals surface area contributed by atoms with Gasteiger partial charge in [-0.05, 0) is 37.3 Å². The molecule has 8 nitrogen and oxygen atoms in total. The topological polar surface area (TPSA) is 103 Å². The SMILES string of the molecule is Cc1cc(C(=O)N2CCC(C)CC2CN)nc2c1c(=O)n(C)c(=O)n2C. The van der Waals surface area contributed by atoms with Crippen molar-refractivity contribution >= 4 is 16.9 Å². The van der Waals surface area contributed by atoms with Crippen LogP contribution in [-0.4, -0.2) is 44.1 Å². The molecule has 1 aliphatic rings. The highest BCUT2D eigenvalue weighted by atomic mass is 16.2. The summed E-state index contributed by atoms with van der Waals surface area (Å²) in [4.78, 5) is 43.8. The van der Waals surface area contributed by atoms with Gasteiger partial charge in [-0.2, -0.15) is 0 Å². The second-order valence-corrected chi connectivity index (χ2v) is 7.25. The quantitative estimate of drug-likeness (QED) is 0.821. The van der Waals surface area contributed by atoms with Crippen molar-refractivity contribution in [3.63, 3.8) is 0 Å². The van der Waals surface area contributed by atoms with E-state index in [9.17, 15) is 14.4 Å². The zero-order chi connectivity index (χ0) is 19.2. The number of carbonyl (C=O) groups is 1. The number of aromatic nitrogens is 3. The van der Waals surface area contributed by atoms with Crippen molar-refractivity contribution in [2.75, 3.05) is 13.1 Å². The summed E-state index contributed by atoms with van der Waals surface area (Å²) < 4.78 is 2.36. The minimum Gasteiger partial charge on any atom is -0.333 e. The van der Waals surface area contributed by atoms with Gasteiger partial charge in [-0.25, -0.2) is 9.78 Å². The number of pyridine rings is 1. The Hall–Kier alpha value is -2.48. The molecule has 2 atom stereocenters. The highest BCUT2D eigenvalue weighted by molar-refractivity contribution is 5.95. The maximum Gasteiger partial charge on any atom is 0.332 e. The van der Waals surface area contributed by atoms with E-state index in [2.05, 4.69) is 11.9 Å². The van der Waals surface area contributed by atoms with E-state index in [1.165, 1.54) is 11.6 Å². The second-order valence-electron chi connectivity index (χ2n) is 7.25. The van der Waals surface area contributed by atoms with Crippen molar-refractivity contribution in [2.24, 2.45) is 25.7 Å². The van der Waals surface area contributed by atoms with Crippen molar-refractivity contribution in [3.05, 3.63) is 38.2 Å². The molecule has 2 aromatic rings. The van der Waals surface area contributed by atoms with E-state index in [0.29, 0.717) is 30.0 Å². The molecule has 0 aromatic carbocycles. The monoisotopic (exact) mass is 359 g/mol. The molecule has 2 N–H and O–H groups in total. The zero-order valence-corrected chi connectivity index (χ0v) is 15.7. The van der Waals surface area contributed by atoms with E-state index in [0.717, 1.165) is 17.4 Å². The predicted octanol–water partition coefficient (Wildman–Crippen LogP) is 0.140. The van der Waals surface area contributed by atoms with Gasteiger partial charge in [0.05, 0.1) is 5.39 Å². The fourth-order valence-corrected chi connectivity index (χ4v) is 3.73. The standard InChI is InChI=1S/C18H25N5O3/c1-10-5-6-23(12(7-10)9-19)16(24)13-8-11(2)14-15(20-13)21(3)18(26)22(4)17(14)25/h8,10,12H,5-7,9,19H2,1-4H3. The summed E-state index contributed by atoms with van der Waals surface area (Å²) in [6.45, 7) is 4.96. The summed E-state index contributed by atoms with van der Waals surface area (Å²) >= 11 is 0. The molecular weight excluding hydrogens is 334 g/mol. The molecule has 0 radical (unpaired) electrons. The number of carbonyl (C=O) groups excluding carboxylic acids is 1. The Balaban J connectivity index is 2.13. The molecule has 1 fully saturated rings. The Labute approximate surface area is 151 Å². The van der Waals surface area contributed by atoms with Crippen LogP contribution in [0.15, 0.2) is 15.7 Å². The minimum absolute atomic E-state index is 0.0171. The largest absolute Gasteiger partial charge is 0.333 e. The molecule has 1 aliphatic heterocycles. The highest BCUT2D eigenvalue weighted by Crippen LogP contribution is 2.24. The Morgan fingerprint density at radius 2 is 2.00 bits per heavy atom. The third-order valence-corrected chi connectivity index (χ3v) is 5.34. The average molecular weight is 359 g/mol. The van der Waals surface area contributed by atoms with E-state index in [1.807, 2.05) is 0 Å². The van der Waals surface area contributed by atoms with Gasteiger partial charge in [0.25, 0.3) is 11.5 Å². The van der Waals surface area contributed by atoms with Gasteiger partial charge in [-0.15, -0.1) is 0 Å². The van der Waals surface area contributed by atoms with E-state index < -0.39 is 11.2 Å². The summed E-state index contributed by atoms with van der Waals surface area (Å²) in [5.41, 5.74) is 6.10. The molecule has 2 aromatic heterocycles. The maximum atomic E-state index is 13.1. The van der Waals surface area contributed by atoms with Crippen molar-refractivity contribution < 1.29 is 4.79 Å². The summed E-state index contributed by atoms with van der Waals surface area (Å²) in [5, 5.41) is 0.355. The van der Waals surface area contributed by atoms with Crippen LogP contribution in [0.2, 0.25) is 0 Å². The number of amides is 1. The van der Waals surface area contributed by atoms with Crippen LogP contribution in [0, 0.1) is 12.8 Å². The number of hydrogen-bond donors (Lipinski definition) is 1. The van der Waals surface area contributed by atoms with E-state index in [4.69, 9.17) is 5.73 Å². The Kier molecular flexibility index (Phi) is 4.70. The number of rotatable bonds is 2. The van der Waals surface area contributed by atoms with Crippen molar-refractivity contribution in [1.82, 2.24) is 19.0 Å². The third kappa shape index (κ3) is 2.84. The molecule has 1 saturated heterocycles. The fraction of sp³-hybridized carbons (Fsp3) is 0.556. The lowest BCUT2D eigenvalue weighted by Gasteiger charge is -2.37. The van der Waals surface area contributed by atoms with Crippen LogP contribution < -0.4 is 17.0 Å². The number of fused-ring (bicyclic) bond motifs is 1. The first-order valence-corrected chi connectivity index (χ1v) is 8.84. The van der Waals surface area contributed by atoms with Gasteiger partial charge in [0.15, 0.2) is 0 Å². The Morgan fingerprint density at radius 3 is 2.65 bits per heavy atom. The molecular formula is C18H25N5O3. The van der Waals surface area contributed by atoms with Crippen molar-refractivity contribution in [1.29, 1.82) is 0 Å². The van der Waals surface area contributed by atoms with Crippen LogP contribution in [0.25, 0.3) is 11.0 Å². The molecule has 2 unspecified atom stereocenters. The average Bonchev–Trinajstić information content (AvgIpc) is 2.63. The third-order valence-electron chi connectivity index (χ3n) is 5.34. The fourth-order valence-electron chi connectivity index (χ4n) is 3.73. The Morgan fingerprint density at radius 1 is 1.31 bits per heavy atom. The van der Waals surface area contributed by atoms with E-state index in [1.54, 1.807) is 24.9 Å². The van der Waals surface area contributed by atoms with Crippen LogP contribution in [0.3, 0.4) is 0 Å². The molecule has 3 rings (SSSR count). The van der Waals surface area contributed by atoms with Crippen molar-refractivity contribution in [3.8, 4) is 0 Å². The number of likely N-dealkylation sites (tertiary alicyclic amines) is 1. The molecule has 0 saturated carbocycles. The molecule has 3 heterocycles. The molecule has 8 heteroatoms. The van der Waals surface area contributed by atoms with Crippen LogP contribution in [0.1, 0.15) is 35.8 Å². The number of aryl methyl sites for hydroxylation is 2. The molecule has 0 bridgehead atoms. The number of nitrogens with two attached hydrogens (primary N) is 1. The van der Waals surface area contributed by atoms with Crippen LogP contribution in [-0.2, 0) is 14.1 Å². The lowest BCUT2D eigenvalue weighted by atomic mass is 9.92. The molecule has 140 valence electrons. The summed E-state index contributed by atoms with van der Waals surface area (Å²) in [7, 11) is 2.99. The molecule has 0 aliphatic carbocycles. The van der Waals surface area contributed by atoms with E-state index >= 15 is 0 Å². The Bertz CT molecular complexity index is 991. The van der Waals surface area contributed by atoms with E-state index in [-0.39, 0.29) is 23.3 Å². The summed E-state index contributed by atoms with van der Waals surface area (Å²) in [6, 6.07) is 1.61. The number of nitrogens with zero attached hydrogens (tertiary/aromatic N) is 4. The maximum absolute atomic E-state index is 13.1. The van der Waals surface area contributed by atoms with Gasteiger partial charge in [-0.1, -0.05) is 6.92 Å². The van der Waals surface area contributed by atoms with Gasteiger partial charge < -0.3 is 10.6 Å². The first kappa shape index (κ1) is 18.3. The van der Waals surface area contributed by atoms with Crippen LogP contribution >= 0.6 is 0 Å². The predicted molar refractivity (Wildman–Crippen MR) is 99.2 cm³/mol. The number of hydrogen-bond acceptors (Lipinski definition) is 5. The van der Waals surface area contributed by atoms with Gasteiger partial charge >= 0.3 is 5.69 Å². The number of piperidine rings is 1. The van der Waals surface area contributed by atoms with Crippen LogP contribution in [0.4, 0.5) is 0 Å². The smallest absolute Gasteiger partial charge is 0.332 e. The van der Waals surface area contributed by atoms with Gasteiger partial charge in [0.1, 0.15) is 11.3 Å². The van der Waals surface area contributed by atoms with Gasteiger partial charge in [-0.3, -0.25) is 18.7 Å². The normalized spacial score (nSPS) is 20.6. The first-order chi connectivity index (χ1) is 12.3. The van der Waals surface area contributed by atoms with Gasteiger partial charge in [0, 0.05) is 33.2 Å². The summed E-state index contributed by atoms with van der Waals surface area (Å²) in [6.07, 6.45) is 1.79.